The molecule has 0 saturated heterocycles. The largest absolute Gasteiger partial charge is 0.327 e. The monoisotopic (exact) mass is 235 g/mol. The summed E-state index contributed by atoms with van der Waals surface area (Å²) in [5.74, 6) is 1.05. The van der Waals surface area contributed by atoms with Gasteiger partial charge in [-0.25, -0.2) is 4.39 Å². The predicted molar refractivity (Wildman–Crippen MR) is 69.4 cm³/mol. The minimum atomic E-state index is -0.164. The van der Waals surface area contributed by atoms with E-state index in [1.807, 2.05) is 12.1 Å². The van der Waals surface area contributed by atoms with E-state index in [1.54, 1.807) is 12.1 Å². The SMILES string of the molecule is CCCC1CCC(N)C(c2ccc(F)cc2)C1. The average Bonchev–Trinajstić information content (AvgIpc) is 2.33. The lowest BCUT2D eigenvalue weighted by atomic mass is 9.74. The van der Waals surface area contributed by atoms with Crippen LogP contribution in [0.25, 0.3) is 0 Å². The third kappa shape index (κ3) is 3.06. The average molecular weight is 235 g/mol. The van der Waals surface area contributed by atoms with Crippen LogP contribution in [0.2, 0.25) is 0 Å². The van der Waals surface area contributed by atoms with Crippen LogP contribution in [0.5, 0.6) is 0 Å². The fraction of sp³-hybridized carbons (Fsp3) is 0.600. The molecule has 2 N–H and O–H groups in total. The first-order valence-corrected chi connectivity index (χ1v) is 6.71. The van der Waals surface area contributed by atoms with Crippen molar-refractivity contribution in [1.82, 2.24) is 0 Å². The van der Waals surface area contributed by atoms with Crippen molar-refractivity contribution in [3.63, 3.8) is 0 Å². The van der Waals surface area contributed by atoms with Crippen molar-refractivity contribution in [2.24, 2.45) is 11.7 Å². The molecule has 0 radical (unpaired) electrons. The first-order valence-electron chi connectivity index (χ1n) is 6.71. The molecule has 1 aromatic rings. The molecule has 0 spiro atoms. The first-order chi connectivity index (χ1) is 8.20. The van der Waals surface area contributed by atoms with Crippen molar-refractivity contribution in [3.8, 4) is 0 Å². The van der Waals surface area contributed by atoms with E-state index in [9.17, 15) is 4.39 Å². The molecule has 0 heterocycles. The Bertz CT molecular complexity index is 346. The minimum Gasteiger partial charge on any atom is -0.327 e. The normalized spacial score (nSPS) is 29.2. The number of hydrogen-bond donors (Lipinski definition) is 1. The quantitative estimate of drug-likeness (QED) is 0.846. The lowest BCUT2D eigenvalue weighted by Crippen LogP contribution is -2.34. The lowest BCUT2D eigenvalue weighted by Gasteiger charge is -2.34. The van der Waals surface area contributed by atoms with Crippen LogP contribution >= 0.6 is 0 Å². The molecule has 3 unspecified atom stereocenters. The van der Waals surface area contributed by atoms with Gasteiger partial charge in [0, 0.05) is 6.04 Å². The van der Waals surface area contributed by atoms with Gasteiger partial charge in [-0.05, 0) is 48.8 Å². The maximum Gasteiger partial charge on any atom is 0.123 e. The van der Waals surface area contributed by atoms with Crippen LogP contribution in [0.15, 0.2) is 24.3 Å². The molecule has 1 aliphatic rings. The number of nitrogens with two attached hydrogens (primary N) is 1. The van der Waals surface area contributed by atoms with Crippen LogP contribution in [-0.4, -0.2) is 6.04 Å². The Labute approximate surface area is 103 Å². The van der Waals surface area contributed by atoms with E-state index >= 15 is 0 Å². The summed E-state index contributed by atoms with van der Waals surface area (Å²) < 4.78 is 12.9. The van der Waals surface area contributed by atoms with E-state index in [-0.39, 0.29) is 11.9 Å². The zero-order valence-corrected chi connectivity index (χ0v) is 10.5. The predicted octanol–water partition coefficient (Wildman–Crippen LogP) is 3.84. The molecule has 0 amide bonds. The molecule has 0 aromatic heterocycles. The Hall–Kier alpha value is -0.890. The second kappa shape index (κ2) is 5.63. The highest BCUT2D eigenvalue weighted by Gasteiger charge is 2.28. The van der Waals surface area contributed by atoms with Gasteiger partial charge in [-0.15, -0.1) is 0 Å². The van der Waals surface area contributed by atoms with Crippen molar-refractivity contribution in [2.45, 2.75) is 51.0 Å². The Kier molecular flexibility index (Phi) is 4.16. The highest BCUT2D eigenvalue weighted by Crippen LogP contribution is 2.37. The fourth-order valence-corrected chi connectivity index (χ4v) is 3.04. The van der Waals surface area contributed by atoms with Gasteiger partial charge < -0.3 is 5.73 Å². The van der Waals surface area contributed by atoms with Crippen molar-refractivity contribution < 1.29 is 4.39 Å². The molecule has 3 atom stereocenters. The zero-order valence-electron chi connectivity index (χ0n) is 10.5. The van der Waals surface area contributed by atoms with Gasteiger partial charge in [-0.2, -0.15) is 0 Å². The van der Waals surface area contributed by atoms with Gasteiger partial charge in [0.25, 0.3) is 0 Å². The smallest absolute Gasteiger partial charge is 0.123 e. The topological polar surface area (TPSA) is 26.0 Å². The van der Waals surface area contributed by atoms with Crippen LogP contribution in [0.3, 0.4) is 0 Å². The summed E-state index contributed by atoms with van der Waals surface area (Å²) in [7, 11) is 0. The van der Waals surface area contributed by atoms with Crippen molar-refractivity contribution in [1.29, 1.82) is 0 Å². The van der Waals surface area contributed by atoms with Crippen molar-refractivity contribution in [2.75, 3.05) is 0 Å². The van der Waals surface area contributed by atoms with Gasteiger partial charge in [0.2, 0.25) is 0 Å². The molecule has 1 nitrogen and oxygen atoms in total. The first kappa shape index (κ1) is 12.6. The number of hydrogen-bond acceptors (Lipinski definition) is 1. The van der Waals surface area contributed by atoms with Crippen LogP contribution in [0.4, 0.5) is 4.39 Å². The Morgan fingerprint density at radius 3 is 2.59 bits per heavy atom. The molecular formula is C15H22FN. The van der Waals surface area contributed by atoms with Gasteiger partial charge in [0.05, 0.1) is 0 Å². The summed E-state index contributed by atoms with van der Waals surface area (Å²) in [6.07, 6.45) is 6.07. The summed E-state index contributed by atoms with van der Waals surface area (Å²) in [5.41, 5.74) is 7.42. The zero-order chi connectivity index (χ0) is 12.3. The molecule has 1 saturated carbocycles. The van der Waals surface area contributed by atoms with Crippen molar-refractivity contribution >= 4 is 0 Å². The van der Waals surface area contributed by atoms with Gasteiger partial charge in [-0.3, -0.25) is 0 Å². The molecular weight excluding hydrogens is 213 g/mol. The van der Waals surface area contributed by atoms with Crippen LogP contribution in [0.1, 0.15) is 50.5 Å². The van der Waals surface area contributed by atoms with Gasteiger partial charge in [0.1, 0.15) is 5.82 Å². The van der Waals surface area contributed by atoms with E-state index in [0.29, 0.717) is 5.92 Å². The Balaban J connectivity index is 2.09. The van der Waals surface area contributed by atoms with Gasteiger partial charge in [0.15, 0.2) is 0 Å². The number of benzene rings is 1. The van der Waals surface area contributed by atoms with E-state index in [1.165, 1.54) is 31.2 Å². The van der Waals surface area contributed by atoms with Crippen LogP contribution < -0.4 is 5.73 Å². The molecule has 94 valence electrons. The molecule has 1 aromatic carbocycles. The highest BCUT2D eigenvalue weighted by molar-refractivity contribution is 5.22. The minimum absolute atomic E-state index is 0.164. The fourth-order valence-electron chi connectivity index (χ4n) is 3.04. The van der Waals surface area contributed by atoms with E-state index in [2.05, 4.69) is 6.92 Å². The maximum atomic E-state index is 12.9. The number of rotatable bonds is 3. The van der Waals surface area contributed by atoms with E-state index in [4.69, 9.17) is 5.73 Å². The van der Waals surface area contributed by atoms with Crippen LogP contribution in [0, 0.1) is 11.7 Å². The van der Waals surface area contributed by atoms with Crippen molar-refractivity contribution in [3.05, 3.63) is 35.6 Å². The van der Waals surface area contributed by atoms with Crippen LogP contribution in [-0.2, 0) is 0 Å². The Morgan fingerprint density at radius 2 is 1.94 bits per heavy atom. The molecule has 17 heavy (non-hydrogen) atoms. The summed E-state index contributed by atoms with van der Waals surface area (Å²) in [6.45, 7) is 2.24. The highest BCUT2D eigenvalue weighted by atomic mass is 19.1. The third-order valence-electron chi connectivity index (χ3n) is 4.01. The maximum absolute atomic E-state index is 12.9. The molecule has 1 aliphatic carbocycles. The summed E-state index contributed by atoms with van der Waals surface area (Å²) in [6, 6.07) is 7.13. The number of halogens is 1. The summed E-state index contributed by atoms with van der Waals surface area (Å²) >= 11 is 0. The second-order valence-electron chi connectivity index (χ2n) is 5.29. The molecule has 0 aliphatic heterocycles. The van der Waals surface area contributed by atoms with Gasteiger partial charge >= 0.3 is 0 Å². The molecule has 2 rings (SSSR count). The summed E-state index contributed by atoms with van der Waals surface area (Å²) in [4.78, 5) is 0. The Morgan fingerprint density at radius 1 is 1.24 bits per heavy atom. The molecule has 0 bridgehead atoms. The van der Waals surface area contributed by atoms with E-state index < -0.39 is 0 Å². The summed E-state index contributed by atoms with van der Waals surface area (Å²) in [5, 5.41) is 0. The third-order valence-corrected chi connectivity index (χ3v) is 4.01. The van der Waals surface area contributed by atoms with E-state index in [0.717, 1.165) is 12.3 Å². The standard InChI is InChI=1S/C15H22FN/c1-2-3-11-4-9-15(17)14(10-11)12-5-7-13(16)8-6-12/h5-8,11,14-15H,2-4,9-10,17H2,1H3. The molecule has 2 heteroatoms. The second-order valence-corrected chi connectivity index (χ2v) is 5.29. The lowest BCUT2D eigenvalue weighted by molar-refractivity contribution is 0.274. The molecule has 1 fully saturated rings. The van der Waals surface area contributed by atoms with Gasteiger partial charge in [-0.1, -0.05) is 31.9 Å².